The summed E-state index contributed by atoms with van der Waals surface area (Å²) in [6, 6.07) is 23.7. The monoisotopic (exact) mass is 419 g/mol. The van der Waals surface area contributed by atoms with Gasteiger partial charge in [-0.25, -0.2) is 0 Å². The molecule has 5 heteroatoms. The van der Waals surface area contributed by atoms with E-state index in [0.29, 0.717) is 13.2 Å². The molecule has 3 aromatic carbocycles. The summed E-state index contributed by atoms with van der Waals surface area (Å²) < 4.78 is 17.3. The standard InChI is InChI=1S/C26H29NO4/c1-4-8-22-13-16-24(17-26(22)28-2)30-18-20-11-14-23(15-12-20)31-19-25(27-29-3)21-9-6-5-7-10-21/h5-7,9-17H,4,8,18-19H2,1-3H3/b27-25+. The van der Waals surface area contributed by atoms with Crippen molar-refractivity contribution in [3.05, 3.63) is 89.5 Å². The number of oxime groups is 1. The van der Waals surface area contributed by atoms with Gasteiger partial charge in [0.15, 0.2) is 0 Å². The number of ether oxygens (including phenoxy) is 3. The molecule has 3 rings (SSSR count). The van der Waals surface area contributed by atoms with Crippen molar-refractivity contribution in [2.45, 2.75) is 26.4 Å². The normalized spacial score (nSPS) is 11.1. The van der Waals surface area contributed by atoms with Crippen LogP contribution in [-0.2, 0) is 17.9 Å². The van der Waals surface area contributed by atoms with E-state index in [1.54, 1.807) is 7.11 Å². The van der Waals surface area contributed by atoms with Crippen LogP contribution in [0, 0.1) is 0 Å². The maximum Gasteiger partial charge on any atom is 0.134 e. The van der Waals surface area contributed by atoms with Crippen LogP contribution in [-0.4, -0.2) is 26.5 Å². The highest BCUT2D eigenvalue weighted by atomic mass is 16.6. The van der Waals surface area contributed by atoms with Crippen molar-refractivity contribution < 1.29 is 19.0 Å². The minimum atomic E-state index is 0.317. The Balaban J connectivity index is 1.56. The van der Waals surface area contributed by atoms with Gasteiger partial charge >= 0.3 is 0 Å². The fraction of sp³-hybridized carbons (Fsp3) is 0.269. The highest BCUT2D eigenvalue weighted by molar-refractivity contribution is 6.01. The second-order valence-electron chi connectivity index (χ2n) is 7.03. The average molecular weight is 420 g/mol. The molecule has 5 nitrogen and oxygen atoms in total. The molecule has 0 unspecified atom stereocenters. The summed E-state index contributed by atoms with van der Waals surface area (Å²) in [6.45, 7) is 2.94. The molecule has 0 aliphatic carbocycles. The topological polar surface area (TPSA) is 49.3 Å². The van der Waals surface area contributed by atoms with Crippen LogP contribution in [0.1, 0.15) is 30.0 Å². The van der Waals surface area contributed by atoms with E-state index >= 15 is 0 Å². The summed E-state index contributed by atoms with van der Waals surface area (Å²) in [7, 11) is 3.22. The lowest BCUT2D eigenvalue weighted by atomic mass is 10.1. The zero-order valence-electron chi connectivity index (χ0n) is 18.3. The van der Waals surface area contributed by atoms with Gasteiger partial charge in [-0.3, -0.25) is 0 Å². The minimum Gasteiger partial charge on any atom is -0.496 e. The van der Waals surface area contributed by atoms with Crippen molar-refractivity contribution in [3.8, 4) is 17.2 Å². The number of aryl methyl sites for hydroxylation is 1. The molecule has 31 heavy (non-hydrogen) atoms. The third-order valence-corrected chi connectivity index (χ3v) is 4.79. The Morgan fingerprint density at radius 1 is 0.839 bits per heavy atom. The van der Waals surface area contributed by atoms with Crippen molar-refractivity contribution in [3.63, 3.8) is 0 Å². The van der Waals surface area contributed by atoms with E-state index in [9.17, 15) is 0 Å². The third kappa shape index (κ3) is 6.51. The predicted molar refractivity (Wildman–Crippen MR) is 123 cm³/mol. The number of nitrogens with zero attached hydrogens (tertiary/aromatic N) is 1. The summed E-state index contributed by atoms with van der Waals surface area (Å²) >= 11 is 0. The lowest BCUT2D eigenvalue weighted by Crippen LogP contribution is -2.13. The first kappa shape index (κ1) is 22.2. The number of rotatable bonds is 11. The van der Waals surface area contributed by atoms with Crippen molar-refractivity contribution in [1.82, 2.24) is 0 Å². The largest absolute Gasteiger partial charge is 0.496 e. The lowest BCUT2D eigenvalue weighted by molar-refractivity contribution is 0.210. The zero-order valence-corrected chi connectivity index (χ0v) is 18.3. The highest BCUT2D eigenvalue weighted by Crippen LogP contribution is 2.26. The third-order valence-electron chi connectivity index (χ3n) is 4.79. The van der Waals surface area contributed by atoms with E-state index in [1.165, 1.54) is 12.7 Å². The fourth-order valence-electron chi connectivity index (χ4n) is 3.19. The predicted octanol–water partition coefficient (Wildman–Crippen LogP) is 5.66. The van der Waals surface area contributed by atoms with Gasteiger partial charge in [0.25, 0.3) is 0 Å². The van der Waals surface area contributed by atoms with Gasteiger partial charge in [0.1, 0.15) is 43.3 Å². The maximum absolute atomic E-state index is 5.94. The van der Waals surface area contributed by atoms with E-state index in [0.717, 1.165) is 46.9 Å². The van der Waals surface area contributed by atoms with Gasteiger partial charge in [-0.2, -0.15) is 0 Å². The quantitative estimate of drug-likeness (QED) is 0.297. The number of benzene rings is 3. The summed E-state index contributed by atoms with van der Waals surface area (Å²) in [6.07, 6.45) is 2.07. The molecular formula is C26H29NO4. The molecule has 3 aromatic rings. The Morgan fingerprint density at radius 2 is 1.58 bits per heavy atom. The van der Waals surface area contributed by atoms with Gasteiger partial charge in [-0.1, -0.05) is 67.0 Å². The first-order valence-corrected chi connectivity index (χ1v) is 10.4. The van der Waals surface area contributed by atoms with Crippen LogP contribution >= 0.6 is 0 Å². The zero-order chi connectivity index (χ0) is 21.9. The van der Waals surface area contributed by atoms with E-state index in [-0.39, 0.29) is 0 Å². The number of hydrogen-bond donors (Lipinski definition) is 0. The lowest BCUT2D eigenvalue weighted by Gasteiger charge is -2.12. The number of methoxy groups -OCH3 is 1. The fourth-order valence-corrected chi connectivity index (χ4v) is 3.19. The van der Waals surface area contributed by atoms with E-state index in [1.807, 2.05) is 66.7 Å². The highest BCUT2D eigenvalue weighted by Gasteiger charge is 2.07. The average Bonchev–Trinajstić information content (AvgIpc) is 2.82. The second-order valence-corrected chi connectivity index (χ2v) is 7.03. The van der Waals surface area contributed by atoms with Gasteiger partial charge in [-0.15, -0.1) is 0 Å². The van der Waals surface area contributed by atoms with Crippen LogP contribution in [0.2, 0.25) is 0 Å². The van der Waals surface area contributed by atoms with Crippen LogP contribution in [0.25, 0.3) is 0 Å². The Bertz CT molecular complexity index is 968. The summed E-state index contributed by atoms with van der Waals surface area (Å²) in [4.78, 5) is 4.96. The molecule has 0 radical (unpaired) electrons. The minimum absolute atomic E-state index is 0.317. The van der Waals surface area contributed by atoms with Crippen molar-refractivity contribution >= 4 is 5.71 Å². The molecule has 0 saturated heterocycles. The molecule has 0 atom stereocenters. The molecule has 0 aliphatic rings. The molecule has 0 heterocycles. The van der Waals surface area contributed by atoms with Crippen LogP contribution < -0.4 is 14.2 Å². The Hall–Kier alpha value is -3.47. The second kappa shape index (κ2) is 11.6. The van der Waals surface area contributed by atoms with Crippen molar-refractivity contribution in [1.29, 1.82) is 0 Å². The Kier molecular flexibility index (Phi) is 8.35. The van der Waals surface area contributed by atoms with Crippen molar-refractivity contribution in [2.24, 2.45) is 5.16 Å². The molecule has 0 aromatic heterocycles. The molecule has 0 amide bonds. The first-order valence-electron chi connectivity index (χ1n) is 10.4. The summed E-state index contributed by atoms with van der Waals surface area (Å²) in [5.41, 5.74) is 3.95. The van der Waals surface area contributed by atoms with Gasteiger partial charge in [-0.05, 0) is 35.7 Å². The van der Waals surface area contributed by atoms with Gasteiger partial charge in [0.2, 0.25) is 0 Å². The SMILES string of the molecule is CCCc1ccc(OCc2ccc(OC/C(=N\OC)c3ccccc3)cc2)cc1OC. The Morgan fingerprint density at radius 3 is 2.26 bits per heavy atom. The molecule has 0 saturated carbocycles. The van der Waals surface area contributed by atoms with Crippen LogP contribution in [0.3, 0.4) is 0 Å². The van der Waals surface area contributed by atoms with Gasteiger partial charge in [0.05, 0.1) is 7.11 Å². The molecular weight excluding hydrogens is 390 g/mol. The molecule has 162 valence electrons. The van der Waals surface area contributed by atoms with Crippen LogP contribution in [0.5, 0.6) is 17.2 Å². The summed E-state index contributed by atoms with van der Waals surface area (Å²) in [5, 5.41) is 4.08. The van der Waals surface area contributed by atoms with Crippen LogP contribution in [0.15, 0.2) is 78.0 Å². The van der Waals surface area contributed by atoms with Gasteiger partial charge in [0, 0.05) is 11.6 Å². The number of hydrogen-bond acceptors (Lipinski definition) is 5. The summed E-state index contributed by atoms with van der Waals surface area (Å²) in [5.74, 6) is 2.42. The van der Waals surface area contributed by atoms with E-state index in [2.05, 4.69) is 18.1 Å². The van der Waals surface area contributed by atoms with E-state index in [4.69, 9.17) is 19.0 Å². The van der Waals surface area contributed by atoms with E-state index < -0.39 is 0 Å². The first-order chi connectivity index (χ1) is 15.2. The van der Waals surface area contributed by atoms with Crippen molar-refractivity contribution in [2.75, 3.05) is 20.8 Å². The Labute approximate surface area is 184 Å². The van der Waals surface area contributed by atoms with Crippen LogP contribution in [0.4, 0.5) is 0 Å². The molecule has 0 N–H and O–H groups in total. The molecule has 0 fully saturated rings. The molecule has 0 bridgehead atoms. The smallest absolute Gasteiger partial charge is 0.134 e. The molecule has 0 aliphatic heterocycles. The maximum atomic E-state index is 5.94. The molecule has 0 spiro atoms. The van der Waals surface area contributed by atoms with Gasteiger partial charge < -0.3 is 19.0 Å².